The van der Waals surface area contributed by atoms with E-state index >= 15 is 0 Å². The third-order valence-corrected chi connectivity index (χ3v) is 4.76. The van der Waals surface area contributed by atoms with Crippen LogP contribution >= 0.6 is 11.6 Å². The van der Waals surface area contributed by atoms with Crippen LogP contribution in [0.4, 0.5) is 0 Å². The molecule has 0 aliphatic rings. The highest BCUT2D eigenvalue weighted by atomic mass is 35.5. The van der Waals surface area contributed by atoms with Crippen molar-refractivity contribution in [2.75, 3.05) is 0 Å². The van der Waals surface area contributed by atoms with Crippen molar-refractivity contribution in [3.05, 3.63) is 52.2 Å². The first-order chi connectivity index (χ1) is 9.75. The number of hydrogen-bond acceptors (Lipinski definition) is 4. The standard InChI is InChI=1S/C13H13ClN2O4S/c1-9(2)12(17)15-7-8-16(13(15)18)21(19,20)11-5-3-10(14)4-6-11/h3-9H,1-2H3. The Morgan fingerprint density at radius 1 is 1.14 bits per heavy atom. The normalized spacial score (nSPS) is 11.8. The van der Waals surface area contributed by atoms with Gasteiger partial charge in [0.1, 0.15) is 0 Å². The van der Waals surface area contributed by atoms with E-state index in [1.165, 1.54) is 24.3 Å². The van der Waals surface area contributed by atoms with E-state index in [2.05, 4.69) is 0 Å². The van der Waals surface area contributed by atoms with Crippen LogP contribution in [0.3, 0.4) is 0 Å². The van der Waals surface area contributed by atoms with Gasteiger partial charge in [0.15, 0.2) is 0 Å². The van der Waals surface area contributed by atoms with Crippen molar-refractivity contribution in [3.8, 4) is 0 Å². The third kappa shape index (κ3) is 2.79. The number of rotatable bonds is 3. The lowest BCUT2D eigenvalue weighted by Gasteiger charge is -2.05. The fourth-order valence-corrected chi connectivity index (χ4v) is 3.05. The lowest BCUT2D eigenvalue weighted by Crippen LogP contribution is -2.33. The highest BCUT2D eigenvalue weighted by molar-refractivity contribution is 7.90. The molecule has 0 N–H and O–H groups in total. The molecular weight excluding hydrogens is 316 g/mol. The quantitative estimate of drug-likeness (QED) is 0.861. The van der Waals surface area contributed by atoms with E-state index in [4.69, 9.17) is 11.6 Å². The average Bonchev–Trinajstić information content (AvgIpc) is 2.80. The number of imidazole rings is 1. The molecule has 8 heteroatoms. The number of nitrogens with zero attached hydrogens (tertiary/aromatic N) is 2. The second-order valence-electron chi connectivity index (χ2n) is 4.70. The van der Waals surface area contributed by atoms with Crippen molar-refractivity contribution in [1.82, 2.24) is 8.54 Å². The number of aromatic nitrogens is 2. The molecule has 112 valence electrons. The topological polar surface area (TPSA) is 78.1 Å². The van der Waals surface area contributed by atoms with Gasteiger partial charge in [-0.15, -0.1) is 0 Å². The van der Waals surface area contributed by atoms with E-state index < -0.39 is 27.5 Å². The van der Waals surface area contributed by atoms with Gasteiger partial charge in [-0.3, -0.25) is 4.79 Å². The highest BCUT2D eigenvalue weighted by Crippen LogP contribution is 2.16. The largest absolute Gasteiger partial charge is 0.349 e. The summed E-state index contributed by atoms with van der Waals surface area (Å²) in [5.74, 6) is -0.887. The average molecular weight is 329 g/mol. The van der Waals surface area contributed by atoms with Gasteiger partial charge in [0.05, 0.1) is 4.90 Å². The summed E-state index contributed by atoms with van der Waals surface area (Å²) in [6.07, 6.45) is 2.21. The van der Waals surface area contributed by atoms with E-state index in [0.717, 1.165) is 17.0 Å². The van der Waals surface area contributed by atoms with E-state index in [1.54, 1.807) is 13.8 Å². The zero-order valence-electron chi connectivity index (χ0n) is 11.4. The zero-order valence-corrected chi connectivity index (χ0v) is 12.9. The van der Waals surface area contributed by atoms with Gasteiger partial charge in [0.2, 0.25) is 5.91 Å². The second kappa shape index (κ2) is 5.50. The maximum atomic E-state index is 12.4. The number of benzene rings is 1. The van der Waals surface area contributed by atoms with E-state index in [9.17, 15) is 18.0 Å². The van der Waals surface area contributed by atoms with Crippen molar-refractivity contribution < 1.29 is 13.2 Å². The van der Waals surface area contributed by atoms with Crippen molar-refractivity contribution in [2.45, 2.75) is 18.7 Å². The molecule has 1 aromatic heterocycles. The molecule has 0 bridgehead atoms. The predicted octanol–water partition coefficient (Wildman–Crippen LogP) is 1.84. The predicted molar refractivity (Wildman–Crippen MR) is 78.2 cm³/mol. The Labute approximate surface area is 126 Å². The molecule has 21 heavy (non-hydrogen) atoms. The molecule has 2 rings (SSSR count). The molecule has 2 aromatic rings. The molecule has 0 saturated heterocycles. The minimum Gasteiger partial charge on any atom is -0.274 e. The van der Waals surface area contributed by atoms with Crippen molar-refractivity contribution >= 4 is 27.5 Å². The van der Waals surface area contributed by atoms with Crippen molar-refractivity contribution in [1.29, 1.82) is 0 Å². The number of carbonyl (C=O) groups excluding carboxylic acids is 1. The lowest BCUT2D eigenvalue weighted by atomic mass is 10.2. The Morgan fingerprint density at radius 3 is 2.24 bits per heavy atom. The van der Waals surface area contributed by atoms with Crippen molar-refractivity contribution in [3.63, 3.8) is 0 Å². The van der Waals surface area contributed by atoms with Gasteiger partial charge in [-0.25, -0.2) is 17.8 Å². The molecule has 6 nitrogen and oxygen atoms in total. The summed E-state index contributed by atoms with van der Waals surface area (Å²) in [5, 5.41) is 0.383. The van der Waals surface area contributed by atoms with E-state index in [1.807, 2.05) is 0 Å². The summed E-state index contributed by atoms with van der Waals surface area (Å²) < 4.78 is 26.1. The molecule has 0 radical (unpaired) electrons. The molecule has 1 aromatic carbocycles. The number of halogens is 1. The van der Waals surface area contributed by atoms with Gasteiger partial charge in [0.25, 0.3) is 10.0 Å². The molecule has 0 aliphatic heterocycles. The molecule has 0 spiro atoms. The van der Waals surface area contributed by atoms with Crippen LogP contribution in [0.15, 0.2) is 46.3 Å². The molecule has 0 atom stereocenters. The number of hydrogen-bond donors (Lipinski definition) is 0. The summed E-state index contributed by atoms with van der Waals surface area (Å²) in [4.78, 5) is 23.8. The minimum absolute atomic E-state index is 0.0799. The van der Waals surface area contributed by atoms with Gasteiger partial charge in [-0.1, -0.05) is 25.4 Å². The first kappa shape index (κ1) is 15.5. The van der Waals surface area contributed by atoms with Crippen LogP contribution in [0.2, 0.25) is 5.02 Å². The maximum Gasteiger partial charge on any atom is 0.349 e. The second-order valence-corrected chi connectivity index (χ2v) is 6.95. The Morgan fingerprint density at radius 2 is 1.71 bits per heavy atom. The van der Waals surface area contributed by atoms with Gasteiger partial charge < -0.3 is 0 Å². The van der Waals surface area contributed by atoms with Crippen LogP contribution in [0, 0.1) is 5.92 Å². The fraction of sp³-hybridized carbons (Fsp3) is 0.231. The molecule has 0 aliphatic carbocycles. The molecule has 0 saturated carbocycles. The van der Waals surface area contributed by atoms with Crippen molar-refractivity contribution in [2.24, 2.45) is 5.92 Å². The summed E-state index contributed by atoms with van der Waals surface area (Å²) in [6.45, 7) is 3.25. The molecule has 0 amide bonds. The number of carbonyl (C=O) groups is 1. The molecule has 0 fully saturated rings. The Hall–Kier alpha value is -1.86. The summed E-state index contributed by atoms with van der Waals surface area (Å²) in [5.41, 5.74) is -0.913. The SMILES string of the molecule is CC(C)C(=O)n1ccn(S(=O)(=O)c2ccc(Cl)cc2)c1=O. The smallest absolute Gasteiger partial charge is 0.274 e. The van der Waals surface area contributed by atoms with Crippen LogP contribution in [0.5, 0.6) is 0 Å². The van der Waals surface area contributed by atoms with Gasteiger partial charge in [-0.05, 0) is 24.3 Å². The molecular formula is C13H13ClN2O4S. The van der Waals surface area contributed by atoms with Crippen LogP contribution < -0.4 is 5.69 Å². The first-order valence-electron chi connectivity index (χ1n) is 6.10. The molecule has 1 heterocycles. The summed E-state index contributed by atoms with van der Waals surface area (Å²) in [6, 6.07) is 5.42. The monoisotopic (exact) mass is 328 g/mol. The van der Waals surface area contributed by atoms with Crippen LogP contribution in [0.1, 0.15) is 18.6 Å². The Kier molecular flexibility index (Phi) is 4.06. The summed E-state index contributed by atoms with van der Waals surface area (Å²) in [7, 11) is -4.05. The Balaban J connectivity index is 2.55. The van der Waals surface area contributed by atoms with E-state index in [0.29, 0.717) is 9.00 Å². The van der Waals surface area contributed by atoms with Gasteiger partial charge >= 0.3 is 5.69 Å². The van der Waals surface area contributed by atoms with Crippen LogP contribution in [0.25, 0.3) is 0 Å². The highest BCUT2D eigenvalue weighted by Gasteiger charge is 2.23. The lowest BCUT2D eigenvalue weighted by molar-refractivity contribution is 0.0851. The van der Waals surface area contributed by atoms with Crippen LogP contribution in [-0.4, -0.2) is 22.9 Å². The maximum absolute atomic E-state index is 12.4. The van der Waals surface area contributed by atoms with Gasteiger partial charge in [-0.2, -0.15) is 3.97 Å². The zero-order chi connectivity index (χ0) is 15.8. The van der Waals surface area contributed by atoms with Gasteiger partial charge in [0, 0.05) is 23.3 Å². The minimum atomic E-state index is -4.05. The molecule has 0 unspecified atom stereocenters. The van der Waals surface area contributed by atoms with Crippen LogP contribution in [-0.2, 0) is 10.0 Å². The third-order valence-electron chi connectivity index (χ3n) is 2.85. The first-order valence-corrected chi connectivity index (χ1v) is 7.92. The summed E-state index contributed by atoms with van der Waals surface area (Å²) >= 11 is 5.71. The Bertz CT molecular complexity index is 832. The fourth-order valence-electron chi connectivity index (χ4n) is 1.71. The van der Waals surface area contributed by atoms with E-state index in [-0.39, 0.29) is 4.90 Å².